The predicted octanol–water partition coefficient (Wildman–Crippen LogP) is 5.35. The fraction of sp³-hybridized carbons (Fsp3) is 0.280. The molecule has 4 rings (SSSR count). The average Bonchev–Trinajstić information content (AvgIpc) is 3.27. The maximum absolute atomic E-state index is 3.89. The molecule has 2 nitrogen and oxygen atoms in total. The van der Waals surface area contributed by atoms with Gasteiger partial charge in [-0.2, -0.15) is 0 Å². The van der Waals surface area contributed by atoms with Crippen LogP contribution in [0.15, 0.2) is 91.0 Å². The molecule has 2 atom stereocenters. The van der Waals surface area contributed by atoms with Gasteiger partial charge in [0.25, 0.3) is 0 Å². The molecule has 0 saturated carbocycles. The first-order valence-electron chi connectivity index (χ1n) is 10.0. The van der Waals surface area contributed by atoms with Gasteiger partial charge in [0.05, 0.1) is 12.1 Å². The fourth-order valence-corrected chi connectivity index (χ4v) is 4.18. The summed E-state index contributed by atoms with van der Waals surface area (Å²) in [5, 5.41) is 3.89. The molecule has 0 aliphatic carbocycles. The molecule has 2 heteroatoms. The van der Waals surface area contributed by atoms with Gasteiger partial charge in [-0.05, 0) is 42.6 Å². The van der Waals surface area contributed by atoms with E-state index in [1.807, 2.05) is 0 Å². The molecule has 0 aromatic heterocycles. The summed E-state index contributed by atoms with van der Waals surface area (Å²) in [7, 11) is 0. The second-order valence-electron chi connectivity index (χ2n) is 7.35. The van der Waals surface area contributed by atoms with Crippen LogP contribution < -0.4 is 5.32 Å². The highest BCUT2D eigenvalue weighted by Crippen LogP contribution is 2.36. The highest BCUT2D eigenvalue weighted by molar-refractivity contribution is 5.28. The molecule has 1 N–H and O–H groups in total. The van der Waals surface area contributed by atoms with Crippen molar-refractivity contribution in [3.63, 3.8) is 0 Å². The van der Waals surface area contributed by atoms with E-state index >= 15 is 0 Å². The molecule has 1 aliphatic rings. The number of likely N-dealkylation sites (tertiary alicyclic amines) is 1. The number of hydrogen-bond acceptors (Lipinski definition) is 2. The monoisotopic (exact) mass is 356 g/mol. The number of nitrogens with one attached hydrogen (secondary N) is 1. The quantitative estimate of drug-likeness (QED) is 0.613. The van der Waals surface area contributed by atoms with Crippen LogP contribution in [0.4, 0.5) is 0 Å². The van der Waals surface area contributed by atoms with Crippen LogP contribution >= 0.6 is 0 Å². The lowest BCUT2D eigenvalue weighted by Crippen LogP contribution is -2.37. The summed E-state index contributed by atoms with van der Waals surface area (Å²) in [5.41, 5.74) is 4.08. The van der Waals surface area contributed by atoms with Crippen molar-refractivity contribution in [3.8, 4) is 0 Å². The van der Waals surface area contributed by atoms with E-state index in [-0.39, 0.29) is 6.04 Å². The lowest BCUT2D eigenvalue weighted by molar-refractivity contribution is 0.191. The minimum absolute atomic E-state index is 0.256. The van der Waals surface area contributed by atoms with Gasteiger partial charge in [-0.3, -0.25) is 4.90 Å². The zero-order valence-electron chi connectivity index (χ0n) is 15.8. The van der Waals surface area contributed by atoms with Crippen LogP contribution in [-0.2, 0) is 6.54 Å². The summed E-state index contributed by atoms with van der Waals surface area (Å²) >= 11 is 0. The fourth-order valence-electron chi connectivity index (χ4n) is 4.18. The van der Waals surface area contributed by atoms with Gasteiger partial charge in [0.2, 0.25) is 0 Å². The second-order valence-corrected chi connectivity index (χ2v) is 7.35. The Hall–Kier alpha value is -2.42. The molecule has 3 aromatic rings. The van der Waals surface area contributed by atoms with Crippen molar-refractivity contribution in [1.29, 1.82) is 0 Å². The Labute approximate surface area is 162 Å². The zero-order chi connectivity index (χ0) is 18.3. The smallest absolute Gasteiger partial charge is 0.0543 e. The van der Waals surface area contributed by atoms with Crippen molar-refractivity contribution in [3.05, 3.63) is 108 Å². The largest absolute Gasteiger partial charge is 0.304 e. The third-order valence-electron chi connectivity index (χ3n) is 5.52. The highest BCUT2D eigenvalue weighted by atomic mass is 15.2. The van der Waals surface area contributed by atoms with E-state index in [1.54, 1.807) is 0 Å². The molecule has 0 amide bonds. The van der Waals surface area contributed by atoms with E-state index in [2.05, 4.69) is 101 Å². The Kier molecular flexibility index (Phi) is 5.98. The first kappa shape index (κ1) is 18.0. The molecule has 138 valence electrons. The molecule has 0 spiro atoms. The van der Waals surface area contributed by atoms with Gasteiger partial charge in [0.15, 0.2) is 0 Å². The molecule has 1 fully saturated rings. The molecule has 0 unspecified atom stereocenters. The Morgan fingerprint density at radius 2 is 1.19 bits per heavy atom. The third kappa shape index (κ3) is 4.47. The van der Waals surface area contributed by atoms with E-state index in [4.69, 9.17) is 0 Å². The maximum atomic E-state index is 3.89. The van der Waals surface area contributed by atoms with Crippen molar-refractivity contribution in [2.24, 2.45) is 0 Å². The summed E-state index contributed by atoms with van der Waals surface area (Å²) in [4.78, 5) is 2.66. The van der Waals surface area contributed by atoms with Crippen LogP contribution in [0.3, 0.4) is 0 Å². The SMILES string of the molecule is c1ccc(CN[C@H](c2ccccc2)[C@@H](c2ccccc2)N2CCCC2)cc1. The summed E-state index contributed by atoms with van der Waals surface area (Å²) in [5.74, 6) is 0. The van der Waals surface area contributed by atoms with Gasteiger partial charge in [-0.1, -0.05) is 91.0 Å². The van der Waals surface area contributed by atoms with Crippen LogP contribution in [0.5, 0.6) is 0 Å². The van der Waals surface area contributed by atoms with Crippen molar-refractivity contribution < 1.29 is 0 Å². The van der Waals surface area contributed by atoms with E-state index in [0.29, 0.717) is 6.04 Å². The molecule has 3 aromatic carbocycles. The topological polar surface area (TPSA) is 15.3 Å². The standard InChI is InChI=1S/C25H28N2/c1-4-12-21(13-5-1)20-26-24(22-14-6-2-7-15-22)25(27-18-10-11-19-27)23-16-8-3-9-17-23/h1-9,12-17,24-26H,10-11,18-20H2/t24-,25-/m1/s1. The van der Waals surface area contributed by atoms with Gasteiger partial charge < -0.3 is 5.32 Å². The van der Waals surface area contributed by atoms with Crippen molar-refractivity contribution in [2.75, 3.05) is 13.1 Å². The van der Waals surface area contributed by atoms with E-state index in [1.165, 1.54) is 42.6 Å². The zero-order valence-corrected chi connectivity index (χ0v) is 15.8. The van der Waals surface area contributed by atoms with E-state index in [0.717, 1.165) is 6.54 Å². The van der Waals surface area contributed by atoms with E-state index < -0.39 is 0 Å². The molecule has 1 saturated heterocycles. The van der Waals surface area contributed by atoms with Gasteiger partial charge in [0.1, 0.15) is 0 Å². The number of nitrogens with zero attached hydrogens (tertiary/aromatic N) is 1. The summed E-state index contributed by atoms with van der Waals surface area (Å²) < 4.78 is 0. The van der Waals surface area contributed by atoms with Gasteiger partial charge in [-0.25, -0.2) is 0 Å². The van der Waals surface area contributed by atoms with Crippen molar-refractivity contribution in [1.82, 2.24) is 10.2 Å². The Morgan fingerprint density at radius 3 is 1.78 bits per heavy atom. The van der Waals surface area contributed by atoms with Crippen molar-refractivity contribution in [2.45, 2.75) is 31.5 Å². The third-order valence-corrected chi connectivity index (χ3v) is 5.52. The lowest BCUT2D eigenvalue weighted by Gasteiger charge is -2.36. The average molecular weight is 357 g/mol. The van der Waals surface area contributed by atoms with E-state index in [9.17, 15) is 0 Å². The molecule has 0 bridgehead atoms. The summed E-state index contributed by atoms with van der Waals surface area (Å²) in [6, 6.07) is 33.2. The van der Waals surface area contributed by atoms with Crippen molar-refractivity contribution >= 4 is 0 Å². The number of benzene rings is 3. The molecule has 1 heterocycles. The van der Waals surface area contributed by atoms with Crippen LogP contribution in [0.25, 0.3) is 0 Å². The number of rotatable bonds is 7. The minimum atomic E-state index is 0.256. The Morgan fingerprint density at radius 1 is 0.667 bits per heavy atom. The predicted molar refractivity (Wildman–Crippen MR) is 112 cm³/mol. The van der Waals surface area contributed by atoms with Crippen LogP contribution in [-0.4, -0.2) is 18.0 Å². The Balaban J connectivity index is 1.67. The summed E-state index contributed by atoms with van der Waals surface area (Å²) in [6.07, 6.45) is 2.59. The molecular formula is C25H28N2. The first-order valence-corrected chi connectivity index (χ1v) is 10.0. The van der Waals surface area contributed by atoms with Crippen LogP contribution in [0.2, 0.25) is 0 Å². The summed E-state index contributed by atoms with van der Waals surface area (Å²) in [6.45, 7) is 3.23. The molecule has 0 radical (unpaired) electrons. The van der Waals surface area contributed by atoms with Gasteiger partial charge in [0, 0.05) is 6.54 Å². The van der Waals surface area contributed by atoms with Gasteiger partial charge in [-0.15, -0.1) is 0 Å². The number of hydrogen-bond donors (Lipinski definition) is 1. The maximum Gasteiger partial charge on any atom is 0.0543 e. The van der Waals surface area contributed by atoms with Gasteiger partial charge >= 0.3 is 0 Å². The Bertz CT molecular complexity index is 796. The van der Waals surface area contributed by atoms with Crippen LogP contribution in [0, 0.1) is 0 Å². The van der Waals surface area contributed by atoms with Crippen LogP contribution in [0.1, 0.15) is 41.6 Å². The molecule has 1 aliphatic heterocycles. The normalized spacial score (nSPS) is 16.9. The molecule has 27 heavy (non-hydrogen) atoms. The minimum Gasteiger partial charge on any atom is -0.304 e. The highest BCUT2D eigenvalue weighted by Gasteiger charge is 2.31. The first-order chi connectivity index (χ1) is 13.4. The lowest BCUT2D eigenvalue weighted by atomic mass is 9.92. The second kappa shape index (κ2) is 8.98. The molecular weight excluding hydrogens is 328 g/mol.